The van der Waals surface area contributed by atoms with Crippen molar-refractivity contribution in [2.75, 3.05) is 19.0 Å². The van der Waals surface area contributed by atoms with Gasteiger partial charge >= 0.3 is 5.97 Å². The zero-order chi connectivity index (χ0) is 17.1. The molecule has 1 aliphatic heterocycles. The van der Waals surface area contributed by atoms with Gasteiger partial charge in [-0.05, 0) is 42.7 Å². The topological polar surface area (TPSA) is 64.6 Å². The number of ether oxygens (including phenoxy) is 2. The molecule has 0 saturated carbocycles. The molecule has 1 atom stereocenters. The Labute approximate surface area is 140 Å². The number of nitrogens with one attached hydrogen (secondary N) is 1. The predicted octanol–water partition coefficient (Wildman–Crippen LogP) is 2.97. The molecule has 3 rings (SSSR count). The molecule has 0 unspecified atom stereocenters. The Bertz CT molecular complexity index is 785. The number of hydrogen-bond acceptors (Lipinski definition) is 4. The molecule has 0 aliphatic carbocycles. The quantitative estimate of drug-likeness (QED) is 0.881. The molecule has 0 spiro atoms. The second kappa shape index (κ2) is 6.74. The van der Waals surface area contributed by atoms with Crippen LogP contribution in [0.2, 0.25) is 0 Å². The average molecular weight is 325 g/mol. The number of rotatable bonds is 3. The summed E-state index contributed by atoms with van der Waals surface area (Å²) in [7, 11) is 1.33. The smallest absolute Gasteiger partial charge is 0.337 e. The van der Waals surface area contributed by atoms with E-state index in [9.17, 15) is 9.59 Å². The van der Waals surface area contributed by atoms with E-state index in [1.54, 1.807) is 18.2 Å². The van der Waals surface area contributed by atoms with Crippen LogP contribution in [-0.2, 0) is 16.0 Å². The largest absolute Gasteiger partial charge is 0.492 e. The number of amides is 1. The first kappa shape index (κ1) is 16.1. The van der Waals surface area contributed by atoms with Crippen LogP contribution in [0, 0.1) is 12.8 Å². The number of fused-ring (bicyclic) bond motifs is 1. The lowest BCUT2D eigenvalue weighted by Crippen LogP contribution is -2.32. The lowest BCUT2D eigenvalue weighted by molar-refractivity contribution is -0.121. The van der Waals surface area contributed by atoms with Crippen molar-refractivity contribution in [1.82, 2.24) is 0 Å². The van der Waals surface area contributed by atoms with Crippen LogP contribution in [0.3, 0.4) is 0 Å². The zero-order valence-electron chi connectivity index (χ0n) is 13.7. The summed E-state index contributed by atoms with van der Waals surface area (Å²) in [5, 5.41) is 2.90. The fourth-order valence-electron chi connectivity index (χ4n) is 2.73. The molecule has 2 aromatic rings. The molecule has 0 saturated heterocycles. The Kier molecular flexibility index (Phi) is 4.51. The van der Waals surface area contributed by atoms with Crippen LogP contribution in [-0.4, -0.2) is 25.6 Å². The van der Waals surface area contributed by atoms with Gasteiger partial charge in [0.25, 0.3) is 0 Å². The molecular weight excluding hydrogens is 306 g/mol. The van der Waals surface area contributed by atoms with E-state index in [4.69, 9.17) is 9.47 Å². The van der Waals surface area contributed by atoms with Gasteiger partial charge in [-0.15, -0.1) is 0 Å². The minimum absolute atomic E-state index is 0.116. The van der Waals surface area contributed by atoms with Gasteiger partial charge in [0.2, 0.25) is 5.91 Å². The maximum Gasteiger partial charge on any atom is 0.337 e. The molecular formula is C19H19NO4. The first-order valence-electron chi connectivity index (χ1n) is 7.79. The van der Waals surface area contributed by atoms with Crippen LogP contribution in [0.15, 0.2) is 42.5 Å². The van der Waals surface area contributed by atoms with Crippen molar-refractivity contribution in [2.24, 2.45) is 5.92 Å². The number of esters is 1. The van der Waals surface area contributed by atoms with Gasteiger partial charge in [-0.1, -0.05) is 24.3 Å². The van der Waals surface area contributed by atoms with Crippen LogP contribution in [0.1, 0.15) is 21.5 Å². The Morgan fingerprint density at radius 3 is 2.79 bits per heavy atom. The number of carbonyl (C=O) groups is 2. The highest BCUT2D eigenvalue weighted by molar-refractivity contribution is 5.96. The highest BCUT2D eigenvalue weighted by atomic mass is 16.5. The Morgan fingerprint density at radius 2 is 2.00 bits per heavy atom. The van der Waals surface area contributed by atoms with Gasteiger partial charge in [-0.25, -0.2) is 4.79 Å². The summed E-state index contributed by atoms with van der Waals surface area (Å²) in [6, 6.07) is 12.8. The third kappa shape index (κ3) is 3.25. The normalized spacial score (nSPS) is 15.8. The van der Waals surface area contributed by atoms with Crippen molar-refractivity contribution in [3.63, 3.8) is 0 Å². The Balaban J connectivity index is 1.75. The fourth-order valence-corrected chi connectivity index (χ4v) is 2.73. The second-order valence-electron chi connectivity index (χ2n) is 5.83. The Morgan fingerprint density at radius 1 is 1.21 bits per heavy atom. The van der Waals surface area contributed by atoms with Gasteiger partial charge in [0.15, 0.2) is 0 Å². The van der Waals surface area contributed by atoms with E-state index in [1.807, 2.05) is 31.2 Å². The number of hydrogen-bond donors (Lipinski definition) is 1. The summed E-state index contributed by atoms with van der Waals surface area (Å²) in [5.74, 6) is 0.0292. The van der Waals surface area contributed by atoms with E-state index in [-0.39, 0.29) is 11.8 Å². The zero-order valence-corrected chi connectivity index (χ0v) is 13.7. The lowest BCUT2D eigenvalue weighted by atomic mass is 9.96. The molecule has 5 heteroatoms. The highest BCUT2D eigenvalue weighted by Crippen LogP contribution is 2.28. The van der Waals surface area contributed by atoms with Gasteiger partial charge in [-0.2, -0.15) is 0 Å². The van der Waals surface area contributed by atoms with Gasteiger partial charge in [0.1, 0.15) is 12.4 Å². The summed E-state index contributed by atoms with van der Waals surface area (Å²) in [5.41, 5.74) is 2.93. The SMILES string of the molecule is COC(=O)c1ccc(C)c(NC(=O)[C@H]2COc3ccccc3C2)c1. The van der Waals surface area contributed by atoms with Crippen molar-refractivity contribution < 1.29 is 19.1 Å². The first-order chi connectivity index (χ1) is 11.6. The van der Waals surface area contributed by atoms with E-state index < -0.39 is 5.97 Å². The van der Waals surface area contributed by atoms with E-state index >= 15 is 0 Å². The van der Waals surface area contributed by atoms with Crippen molar-refractivity contribution in [2.45, 2.75) is 13.3 Å². The molecule has 1 aliphatic rings. The maximum absolute atomic E-state index is 12.6. The van der Waals surface area contributed by atoms with Gasteiger partial charge in [0, 0.05) is 5.69 Å². The summed E-state index contributed by atoms with van der Waals surface area (Å²) in [6.07, 6.45) is 0.637. The van der Waals surface area contributed by atoms with Crippen LogP contribution >= 0.6 is 0 Å². The summed E-state index contributed by atoms with van der Waals surface area (Å²) >= 11 is 0. The maximum atomic E-state index is 12.6. The number of benzene rings is 2. The molecule has 1 amide bonds. The second-order valence-corrected chi connectivity index (χ2v) is 5.83. The van der Waals surface area contributed by atoms with E-state index in [0.717, 1.165) is 16.9 Å². The van der Waals surface area contributed by atoms with Crippen LogP contribution < -0.4 is 10.1 Å². The third-order valence-electron chi connectivity index (χ3n) is 4.17. The van der Waals surface area contributed by atoms with Crippen LogP contribution in [0.25, 0.3) is 0 Å². The van der Waals surface area contributed by atoms with Crippen molar-refractivity contribution in [1.29, 1.82) is 0 Å². The minimum Gasteiger partial charge on any atom is -0.492 e. The monoisotopic (exact) mass is 325 g/mol. The van der Waals surface area contributed by atoms with Crippen LogP contribution in [0.4, 0.5) is 5.69 Å². The number of anilines is 1. The van der Waals surface area contributed by atoms with Gasteiger partial charge < -0.3 is 14.8 Å². The number of methoxy groups -OCH3 is 1. The average Bonchev–Trinajstić information content (AvgIpc) is 2.62. The molecule has 124 valence electrons. The molecule has 2 aromatic carbocycles. The standard InChI is InChI=1S/C19H19NO4/c1-12-7-8-14(19(22)23-2)10-16(12)20-18(21)15-9-13-5-3-4-6-17(13)24-11-15/h3-8,10,15H,9,11H2,1-2H3,(H,20,21)/t15-/m1/s1. The molecule has 1 heterocycles. The predicted molar refractivity (Wildman–Crippen MR) is 90.3 cm³/mol. The number of aryl methyl sites for hydroxylation is 1. The van der Waals surface area contributed by atoms with Crippen molar-refractivity contribution in [3.05, 3.63) is 59.2 Å². The highest BCUT2D eigenvalue weighted by Gasteiger charge is 2.26. The molecule has 1 N–H and O–H groups in total. The summed E-state index contributed by atoms with van der Waals surface area (Å²) < 4.78 is 10.4. The first-order valence-corrected chi connectivity index (χ1v) is 7.79. The molecule has 0 radical (unpaired) electrons. The molecule has 0 fully saturated rings. The lowest BCUT2D eigenvalue weighted by Gasteiger charge is -2.24. The fraction of sp³-hybridized carbons (Fsp3) is 0.263. The molecule has 5 nitrogen and oxygen atoms in total. The molecule has 24 heavy (non-hydrogen) atoms. The van der Waals surface area contributed by atoms with Gasteiger partial charge in [0.05, 0.1) is 18.6 Å². The molecule has 0 aromatic heterocycles. The van der Waals surface area contributed by atoms with Crippen molar-refractivity contribution in [3.8, 4) is 5.75 Å². The van der Waals surface area contributed by atoms with E-state index in [2.05, 4.69) is 5.32 Å². The minimum atomic E-state index is -0.430. The van der Waals surface area contributed by atoms with Gasteiger partial charge in [-0.3, -0.25) is 4.79 Å². The summed E-state index contributed by atoms with van der Waals surface area (Å²) in [6.45, 7) is 2.22. The number of carbonyl (C=O) groups excluding carboxylic acids is 2. The van der Waals surface area contributed by atoms with Crippen molar-refractivity contribution >= 4 is 17.6 Å². The molecule has 0 bridgehead atoms. The number of para-hydroxylation sites is 1. The van der Waals surface area contributed by atoms with E-state index in [0.29, 0.717) is 24.3 Å². The third-order valence-corrected chi connectivity index (χ3v) is 4.17. The van der Waals surface area contributed by atoms with Crippen LogP contribution in [0.5, 0.6) is 5.75 Å². The van der Waals surface area contributed by atoms with E-state index in [1.165, 1.54) is 7.11 Å². The Hall–Kier alpha value is -2.82. The summed E-state index contributed by atoms with van der Waals surface area (Å²) in [4.78, 5) is 24.2.